The van der Waals surface area contributed by atoms with Gasteiger partial charge in [0.2, 0.25) is 0 Å². The number of pyridine rings is 1. The normalized spacial score (nSPS) is 18.8. The van der Waals surface area contributed by atoms with E-state index in [0.29, 0.717) is 19.6 Å². The van der Waals surface area contributed by atoms with Crippen molar-refractivity contribution < 1.29 is 14.3 Å². The third kappa shape index (κ3) is 4.50. The molecule has 6 nitrogen and oxygen atoms in total. The summed E-state index contributed by atoms with van der Waals surface area (Å²) in [6.45, 7) is 9.68. The first-order valence-electron chi connectivity index (χ1n) is 7.65. The highest BCUT2D eigenvalue weighted by Gasteiger charge is 2.31. The number of rotatable bonds is 2. The van der Waals surface area contributed by atoms with E-state index in [1.54, 1.807) is 18.2 Å². The molecule has 0 aliphatic carbocycles. The lowest BCUT2D eigenvalue weighted by molar-refractivity contribution is 0.0158. The van der Waals surface area contributed by atoms with E-state index in [0.717, 1.165) is 16.0 Å². The largest absolute Gasteiger partial charge is 0.495 e. The Labute approximate surface area is 145 Å². The number of hydrogen-bond donors (Lipinski definition) is 0. The van der Waals surface area contributed by atoms with Gasteiger partial charge in [0, 0.05) is 37.9 Å². The van der Waals surface area contributed by atoms with Gasteiger partial charge in [0.1, 0.15) is 17.2 Å². The van der Waals surface area contributed by atoms with Crippen molar-refractivity contribution in [2.45, 2.75) is 39.3 Å². The maximum absolute atomic E-state index is 12.3. The molecule has 128 valence electrons. The molecule has 1 amide bonds. The van der Waals surface area contributed by atoms with Gasteiger partial charge in [-0.15, -0.1) is 0 Å². The molecule has 1 unspecified atom stereocenters. The van der Waals surface area contributed by atoms with Gasteiger partial charge in [-0.2, -0.15) is 0 Å². The second kappa shape index (κ2) is 6.95. The third-order valence-electron chi connectivity index (χ3n) is 3.61. The average molecular weight is 386 g/mol. The van der Waals surface area contributed by atoms with Crippen LogP contribution in [0.5, 0.6) is 5.75 Å². The number of aromatic nitrogens is 1. The molecule has 0 bridgehead atoms. The maximum atomic E-state index is 12.3. The summed E-state index contributed by atoms with van der Waals surface area (Å²) in [6, 6.07) is 1.95. The highest BCUT2D eigenvalue weighted by atomic mass is 79.9. The minimum atomic E-state index is -0.478. The summed E-state index contributed by atoms with van der Waals surface area (Å²) in [5.41, 5.74) is -0.478. The van der Waals surface area contributed by atoms with Crippen LogP contribution in [0.4, 0.5) is 10.6 Å². The van der Waals surface area contributed by atoms with Crippen LogP contribution in [0.3, 0.4) is 0 Å². The van der Waals surface area contributed by atoms with Gasteiger partial charge in [-0.3, -0.25) is 0 Å². The Morgan fingerprint density at radius 3 is 2.65 bits per heavy atom. The molecular weight excluding hydrogens is 362 g/mol. The second-order valence-corrected chi connectivity index (χ2v) is 7.50. The zero-order valence-electron chi connectivity index (χ0n) is 14.3. The summed E-state index contributed by atoms with van der Waals surface area (Å²) >= 11 is 3.41. The zero-order chi connectivity index (χ0) is 17.2. The Morgan fingerprint density at radius 1 is 1.39 bits per heavy atom. The van der Waals surface area contributed by atoms with Crippen LogP contribution in [-0.4, -0.2) is 54.4 Å². The molecule has 0 N–H and O–H groups in total. The highest BCUT2D eigenvalue weighted by Crippen LogP contribution is 2.28. The van der Waals surface area contributed by atoms with Crippen molar-refractivity contribution in [2.75, 3.05) is 31.6 Å². The van der Waals surface area contributed by atoms with Crippen molar-refractivity contribution in [2.24, 2.45) is 0 Å². The lowest BCUT2D eigenvalue weighted by Crippen LogP contribution is -2.55. The summed E-state index contributed by atoms with van der Waals surface area (Å²) in [5, 5.41) is 0. The average Bonchev–Trinajstić information content (AvgIpc) is 2.45. The quantitative estimate of drug-likeness (QED) is 0.781. The van der Waals surface area contributed by atoms with Crippen LogP contribution in [0, 0.1) is 0 Å². The van der Waals surface area contributed by atoms with E-state index < -0.39 is 5.60 Å². The molecule has 1 aromatic rings. The minimum Gasteiger partial charge on any atom is -0.495 e. The van der Waals surface area contributed by atoms with E-state index in [1.807, 2.05) is 33.8 Å². The Balaban J connectivity index is 2.05. The van der Waals surface area contributed by atoms with Crippen molar-refractivity contribution in [3.63, 3.8) is 0 Å². The molecule has 7 heteroatoms. The molecule has 1 aliphatic rings. The SMILES string of the molecule is COc1cc(N2CCN(C(=O)OC(C)(C)C)C(C)C2)ncc1Br. The fourth-order valence-electron chi connectivity index (χ4n) is 2.50. The molecule has 0 spiro atoms. The Bertz CT molecular complexity index is 574. The van der Waals surface area contributed by atoms with Gasteiger partial charge in [0.25, 0.3) is 0 Å². The molecule has 23 heavy (non-hydrogen) atoms. The Hall–Kier alpha value is -1.50. The van der Waals surface area contributed by atoms with Crippen LogP contribution in [-0.2, 0) is 4.74 Å². The zero-order valence-corrected chi connectivity index (χ0v) is 15.9. The van der Waals surface area contributed by atoms with Gasteiger partial charge in [-0.1, -0.05) is 0 Å². The summed E-state index contributed by atoms with van der Waals surface area (Å²) in [7, 11) is 1.63. The third-order valence-corrected chi connectivity index (χ3v) is 4.20. The molecule has 0 radical (unpaired) electrons. The molecule has 0 aromatic carbocycles. The summed E-state index contributed by atoms with van der Waals surface area (Å²) in [4.78, 5) is 20.6. The second-order valence-electron chi connectivity index (χ2n) is 6.65. The molecule has 1 aromatic heterocycles. The van der Waals surface area contributed by atoms with Crippen molar-refractivity contribution in [1.29, 1.82) is 0 Å². The Morgan fingerprint density at radius 2 is 2.09 bits per heavy atom. The smallest absolute Gasteiger partial charge is 0.410 e. The number of hydrogen-bond acceptors (Lipinski definition) is 5. The number of amides is 1. The monoisotopic (exact) mass is 385 g/mol. The number of carbonyl (C=O) groups excluding carboxylic acids is 1. The van der Waals surface area contributed by atoms with Crippen molar-refractivity contribution in [3.8, 4) is 5.75 Å². The fourth-order valence-corrected chi connectivity index (χ4v) is 2.88. The van der Waals surface area contributed by atoms with Gasteiger partial charge in [0.15, 0.2) is 0 Å². The topological polar surface area (TPSA) is 54.9 Å². The van der Waals surface area contributed by atoms with Crippen LogP contribution in [0.15, 0.2) is 16.7 Å². The van der Waals surface area contributed by atoms with Crippen molar-refractivity contribution in [3.05, 3.63) is 16.7 Å². The van der Waals surface area contributed by atoms with Gasteiger partial charge < -0.3 is 19.3 Å². The van der Waals surface area contributed by atoms with Gasteiger partial charge in [0.05, 0.1) is 11.6 Å². The predicted octanol–water partition coefficient (Wildman–Crippen LogP) is 3.30. The number of piperazine rings is 1. The standard InChI is InChI=1S/C16H24BrN3O3/c1-11-10-19(14-8-13(22-5)12(17)9-18-14)6-7-20(11)15(21)23-16(2,3)4/h8-9,11H,6-7,10H2,1-5H3. The molecular formula is C16H24BrN3O3. The van der Waals surface area contributed by atoms with E-state index in [2.05, 4.69) is 25.8 Å². The van der Waals surface area contributed by atoms with Gasteiger partial charge in [-0.25, -0.2) is 9.78 Å². The van der Waals surface area contributed by atoms with E-state index in [1.165, 1.54) is 0 Å². The number of carbonyl (C=O) groups is 1. The summed E-state index contributed by atoms with van der Waals surface area (Å²) in [6.07, 6.45) is 1.48. The first-order valence-corrected chi connectivity index (χ1v) is 8.44. The van der Waals surface area contributed by atoms with Crippen LogP contribution in [0.2, 0.25) is 0 Å². The predicted molar refractivity (Wildman–Crippen MR) is 93.1 cm³/mol. The first kappa shape index (κ1) is 17.8. The minimum absolute atomic E-state index is 0.0510. The Kier molecular flexibility index (Phi) is 5.39. The van der Waals surface area contributed by atoms with E-state index in [9.17, 15) is 4.79 Å². The molecule has 1 aliphatic heterocycles. The maximum Gasteiger partial charge on any atom is 0.410 e. The van der Waals surface area contributed by atoms with E-state index in [4.69, 9.17) is 9.47 Å². The number of nitrogens with zero attached hydrogens (tertiary/aromatic N) is 3. The highest BCUT2D eigenvalue weighted by molar-refractivity contribution is 9.10. The number of methoxy groups -OCH3 is 1. The van der Waals surface area contributed by atoms with Crippen LogP contribution < -0.4 is 9.64 Å². The molecule has 0 saturated carbocycles. The molecule has 2 rings (SSSR count). The van der Waals surface area contributed by atoms with Crippen LogP contribution in [0.25, 0.3) is 0 Å². The lowest BCUT2D eigenvalue weighted by Gasteiger charge is -2.40. The van der Waals surface area contributed by atoms with Gasteiger partial charge >= 0.3 is 6.09 Å². The number of anilines is 1. The first-order chi connectivity index (χ1) is 10.7. The molecule has 2 heterocycles. The van der Waals surface area contributed by atoms with Crippen LogP contribution >= 0.6 is 15.9 Å². The fraction of sp³-hybridized carbons (Fsp3) is 0.625. The van der Waals surface area contributed by atoms with Crippen molar-refractivity contribution >= 4 is 27.8 Å². The summed E-state index contributed by atoms with van der Waals surface area (Å²) < 4.78 is 11.6. The lowest BCUT2D eigenvalue weighted by atomic mass is 10.2. The van der Waals surface area contributed by atoms with E-state index in [-0.39, 0.29) is 12.1 Å². The van der Waals surface area contributed by atoms with Crippen molar-refractivity contribution in [1.82, 2.24) is 9.88 Å². The molecule has 1 saturated heterocycles. The van der Waals surface area contributed by atoms with Crippen LogP contribution in [0.1, 0.15) is 27.7 Å². The number of ether oxygens (including phenoxy) is 2. The molecule has 1 atom stereocenters. The number of halogens is 1. The summed E-state index contributed by atoms with van der Waals surface area (Å²) in [5.74, 6) is 1.60. The molecule has 1 fully saturated rings. The van der Waals surface area contributed by atoms with E-state index >= 15 is 0 Å². The van der Waals surface area contributed by atoms with Gasteiger partial charge in [-0.05, 0) is 43.6 Å².